The van der Waals surface area contributed by atoms with Gasteiger partial charge in [-0.1, -0.05) is 24.3 Å². The van der Waals surface area contributed by atoms with E-state index in [1.807, 2.05) is 18.2 Å². The minimum atomic E-state index is 0.292. The van der Waals surface area contributed by atoms with Crippen molar-refractivity contribution in [1.82, 2.24) is 0 Å². The van der Waals surface area contributed by atoms with Crippen LogP contribution in [0.2, 0.25) is 0 Å². The lowest BCUT2D eigenvalue weighted by atomic mass is 10.1. The molecule has 2 heteroatoms. The van der Waals surface area contributed by atoms with Crippen LogP contribution >= 0.6 is 0 Å². The molecular formula is C14H15OS+. The smallest absolute Gasteiger partial charge is 0.197 e. The zero-order valence-corrected chi connectivity index (χ0v) is 9.96. The third kappa shape index (κ3) is 1.57. The molecule has 1 aliphatic rings. The predicted octanol–water partition coefficient (Wildman–Crippen LogP) is 3.32. The number of aromatic hydroxyl groups is 1. The van der Waals surface area contributed by atoms with Crippen LogP contribution in [0.3, 0.4) is 0 Å². The highest BCUT2D eigenvalue weighted by Crippen LogP contribution is 2.35. The Kier molecular flexibility index (Phi) is 2.52. The van der Waals surface area contributed by atoms with Crippen LogP contribution in [0.1, 0.15) is 12.8 Å². The van der Waals surface area contributed by atoms with Crippen molar-refractivity contribution >= 4 is 21.7 Å². The molecular weight excluding hydrogens is 216 g/mol. The summed E-state index contributed by atoms with van der Waals surface area (Å²) in [6.45, 7) is 0. The number of hydrogen-bond donors (Lipinski definition) is 1. The number of rotatable bonds is 1. The van der Waals surface area contributed by atoms with Crippen LogP contribution < -0.4 is 0 Å². The molecule has 0 bridgehead atoms. The third-order valence-electron chi connectivity index (χ3n) is 3.21. The minimum absolute atomic E-state index is 0.292. The van der Waals surface area contributed by atoms with E-state index >= 15 is 0 Å². The second-order valence-corrected chi connectivity index (χ2v) is 6.48. The Labute approximate surface area is 98.5 Å². The Bertz CT molecular complexity index is 515. The molecule has 0 saturated carbocycles. The normalized spacial score (nSPS) is 17.0. The monoisotopic (exact) mass is 231 g/mol. The Hall–Kier alpha value is -1.15. The van der Waals surface area contributed by atoms with Gasteiger partial charge in [0, 0.05) is 16.3 Å². The average molecular weight is 231 g/mol. The summed E-state index contributed by atoms with van der Waals surface area (Å²) in [5.41, 5.74) is 0. The summed E-state index contributed by atoms with van der Waals surface area (Å²) >= 11 is 0. The summed E-state index contributed by atoms with van der Waals surface area (Å²) in [6.07, 6.45) is 2.63. The average Bonchev–Trinajstić information content (AvgIpc) is 2.83. The van der Waals surface area contributed by atoms with Crippen molar-refractivity contribution in [3.05, 3.63) is 36.4 Å². The fourth-order valence-electron chi connectivity index (χ4n) is 2.34. The molecule has 0 aromatic heterocycles. The van der Waals surface area contributed by atoms with E-state index < -0.39 is 0 Å². The van der Waals surface area contributed by atoms with E-state index in [2.05, 4.69) is 18.2 Å². The first-order chi connectivity index (χ1) is 7.86. The lowest BCUT2D eigenvalue weighted by Crippen LogP contribution is -2.03. The Morgan fingerprint density at radius 3 is 2.50 bits per heavy atom. The van der Waals surface area contributed by atoms with E-state index in [9.17, 15) is 5.11 Å². The molecule has 2 aromatic carbocycles. The molecule has 0 radical (unpaired) electrons. The lowest BCUT2D eigenvalue weighted by Gasteiger charge is -2.06. The molecule has 16 heavy (non-hydrogen) atoms. The zero-order valence-electron chi connectivity index (χ0n) is 9.15. The molecule has 0 spiro atoms. The molecule has 82 valence electrons. The minimum Gasteiger partial charge on any atom is -0.503 e. The molecule has 1 heterocycles. The maximum Gasteiger partial charge on any atom is 0.197 e. The number of hydrogen-bond acceptors (Lipinski definition) is 1. The van der Waals surface area contributed by atoms with Gasteiger partial charge in [0.05, 0.1) is 0 Å². The third-order valence-corrected chi connectivity index (χ3v) is 5.72. The molecule has 2 aromatic rings. The molecule has 1 saturated heterocycles. The summed E-state index contributed by atoms with van der Waals surface area (Å²) in [5.74, 6) is 3.03. The van der Waals surface area contributed by atoms with Crippen molar-refractivity contribution in [2.24, 2.45) is 0 Å². The Morgan fingerprint density at radius 2 is 1.69 bits per heavy atom. The van der Waals surface area contributed by atoms with E-state index in [-0.39, 0.29) is 0 Å². The van der Waals surface area contributed by atoms with Crippen molar-refractivity contribution < 1.29 is 5.11 Å². The Morgan fingerprint density at radius 1 is 0.938 bits per heavy atom. The van der Waals surface area contributed by atoms with Crippen LogP contribution in [0.25, 0.3) is 10.8 Å². The van der Waals surface area contributed by atoms with Gasteiger partial charge in [-0.3, -0.25) is 0 Å². The summed E-state index contributed by atoms with van der Waals surface area (Å²) < 4.78 is 0. The molecule has 0 aliphatic carbocycles. The van der Waals surface area contributed by atoms with Crippen molar-refractivity contribution in [3.8, 4) is 5.75 Å². The summed E-state index contributed by atoms with van der Waals surface area (Å²) in [6, 6.07) is 12.3. The van der Waals surface area contributed by atoms with Crippen molar-refractivity contribution in [3.63, 3.8) is 0 Å². The van der Waals surface area contributed by atoms with Crippen LogP contribution in [0, 0.1) is 0 Å². The van der Waals surface area contributed by atoms with Gasteiger partial charge >= 0.3 is 0 Å². The van der Waals surface area contributed by atoms with Gasteiger partial charge in [0.1, 0.15) is 11.5 Å². The maximum atomic E-state index is 10.3. The highest BCUT2D eigenvalue weighted by Gasteiger charge is 2.30. The fraction of sp³-hybridized carbons (Fsp3) is 0.286. The van der Waals surface area contributed by atoms with Crippen LogP contribution in [0.4, 0.5) is 0 Å². The molecule has 1 aliphatic heterocycles. The maximum absolute atomic E-state index is 10.3. The Balaban J connectivity index is 2.15. The first-order valence-corrected chi connectivity index (χ1v) is 7.31. The topological polar surface area (TPSA) is 20.2 Å². The molecule has 0 atom stereocenters. The van der Waals surface area contributed by atoms with Gasteiger partial charge in [-0.2, -0.15) is 0 Å². The van der Waals surface area contributed by atoms with E-state index in [0.717, 1.165) is 10.8 Å². The largest absolute Gasteiger partial charge is 0.503 e. The van der Waals surface area contributed by atoms with Crippen LogP contribution in [-0.2, 0) is 10.9 Å². The first kappa shape index (κ1) is 10.0. The number of fused-ring (bicyclic) bond motifs is 1. The summed E-state index contributed by atoms with van der Waals surface area (Å²) in [7, 11) is 0.292. The van der Waals surface area contributed by atoms with E-state index in [1.54, 1.807) is 0 Å². The number of benzene rings is 2. The molecule has 1 fully saturated rings. The zero-order chi connectivity index (χ0) is 11.0. The second-order valence-electron chi connectivity index (χ2n) is 4.24. The van der Waals surface area contributed by atoms with E-state index in [0.29, 0.717) is 16.6 Å². The summed E-state index contributed by atoms with van der Waals surface area (Å²) in [4.78, 5) is 1.18. The fourth-order valence-corrected chi connectivity index (χ4v) is 4.74. The van der Waals surface area contributed by atoms with Crippen molar-refractivity contribution in [2.45, 2.75) is 17.7 Å². The second kappa shape index (κ2) is 4.02. The molecule has 0 amide bonds. The highest BCUT2D eigenvalue weighted by molar-refractivity contribution is 7.97. The standard InChI is InChI=1S/C14H14OS/c15-14-12-6-2-1-5-11(12)7-8-13(14)16-9-3-4-10-16/h1-2,5-8H,3-4,9-10H2/p+1. The quantitative estimate of drug-likeness (QED) is 0.746. The highest BCUT2D eigenvalue weighted by atomic mass is 32.2. The van der Waals surface area contributed by atoms with Crippen LogP contribution in [0.15, 0.2) is 41.3 Å². The first-order valence-electron chi connectivity index (χ1n) is 5.74. The molecule has 3 rings (SSSR count). The van der Waals surface area contributed by atoms with Crippen molar-refractivity contribution in [2.75, 3.05) is 11.5 Å². The van der Waals surface area contributed by atoms with Crippen LogP contribution in [-0.4, -0.2) is 16.6 Å². The number of phenols is 1. The predicted molar refractivity (Wildman–Crippen MR) is 70.2 cm³/mol. The molecule has 1 nitrogen and oxygen atoms in total. The van der Waals surface area contributed by atoms with E-state index in [1.165, 1.54) is 29.2 Å². The van der Waals surface area contributed by atoms with Gasteiger partial charge in [0.15, 0.2) is 10.6 Å². The molecule has 1 N–H and O–H groups in total. The molecule has 0 unspecified atom stereocenters. The van der Waals surface area contributed by atoms with Crippen LogP contribution in [0.5, 0.6) is 5.75 Å². The van der Waals surface area contributed by atoms with Gasteiger partial charge < -0.3 is 5.11 Å². The van der Waals surface area contributed by atoms with Gasteiger partial charge in [-0.15, -0.1) is 0 Å². The summed E-state index contributed by atoms with van der Waals surface area (Å²) in [5, 5.41) is 12.4. The van der Waals surface area contributed by atoms with Gasteiger partial charge in [0.2, 0.25) is 0 Å². The van der Waals surface area contributed by atoms with E-state index in [4.69, 9.17) is 0 Å². The van der Waals surface area contributed by atoms with Gasteiger partial charge in [-0.05, 0) is 30.4 Å². The van der Waals surface area contributed by atoms with Gasteiger partial charge in [0.25, 0.3) is 0 Å². The van der Waals surface area contributed by atoms with Gasteiger partial charge in [-0.25, -0.2) is 0 Å². The van der Waals surface area contributed by atoms with Crippen molar-refractivity contribution in [1.29, 1.82) is 0 Å². The lowest BCUT2D eigenvalue weighted by molar-refractivity contribution is 0.469. The SMILES string of the molecule is Oc1c([S+]2CCCC2)ccc2ccccc12. The number of phenolic OH excluding ortho intramolecular Hbond substituents is 1.